The first-order valence-corrected chi connectivity index (χ1v) is 11.1. The fourth-order valence-electron chi connectivity index (χ4n) is 2.97. The van der Waals surface area contributed by atoms with Gasteiger partial charge in [0.15, 0.2) is 11.5 Å². The number of carbonyl (C=O) groups is 1. The third-order valence-electron chi connectivity index (χ3n) is 4.48. The number of para-hydroxylation sites is 2. The third-order valence-corrected chi connectivity index (χ3v) is 6.19. The van der Waals surface area contributed by atoms with Crippen LogP contribution in [0.25, 0.3) is 0 Å². The minimum atomic E-state index is -4.08. The Labute approximate surface area is 191 Å². The second kappa shape index (κ2) is 9.80. The highest BCUT2D eigenvalue weighted by Gasteiger charge is 2.23. The third kappa shape index (κ3) is 4.90. The van der Waals surface area contributed by atoms with E-state index in [0.717, 1.165) is 0 Å². The molecule has 0 aliphatic rings. The monoisotopic (exact) mass is 476 g/mol. The molecule has 0 fully saturated rings. The first-order valence-electron chi connectivity index (χ1n) is 9.28. The summed E-state index contributed by atoms with van der Waals surface area (Å²) in [6.45, 7) is 0. The highest BCUT2D eigenvalue weighted by atomic mass is 35.5. The number of methoxy groups -OCH3 is 3. The molecule has 10 heteroatoms. The largest absolute Gasteiger partial charge is 0.495 e. The molecule has 0 saturated heterocycles. The second-order valence-electron chi connectivity index (χ2n) is 6.45. The number of hydrogen-bond acceptors (Lipinski definition) is 6. The van der Waals surface area contributed by atoms with E-state index in [4.69, 9.17) is 25.8 Å². The maximum absolute atomic E-state index is 13.0. The number of amides is 1. The molecule has 0 aliphatic heterocycles. The molecule has 0 radical (unpaired) electrons. The average molecular weight is 477 g/mol. The zero-order valence-electron chi connectivity index (χ0n) is 17.5. The molecule has 2 N–H and O–H groups in total. The highest BCUT2D eigenvalue weighted by molar-refractivity contribution is 7.92. The first kappa shape index (κ1) is 23.2. The van der Waals surface area contributed by atoms with Crippen molar-refractivity contribution >= 4 is 38.9 Å². The van der Waals surface area contributed by atoms with Crippen LogP contribution in [-0.4, -0.2) is 35.7 Å². The van der Waals surface area contributed by atoms with Crippen molar-refractivity contribution in [3.63, 3.8) is 0 Å². The molecule has 168 valence electrons. The Hall–Kier alpha value is -3.43. The van der Waals surface area contributed by atoms with E-state index in [9.17, 15) is 13.2 Å². The van der Waals surface area contributed by atoms with Crippen molar-refractivity contribution in [1.29, 1.82) is 0 Å². The van der Waals surface area contributed by atoms with E-state index in [1.165, 1.54) is 45.6 Å². The Kier molecular flexibility index (Phi) is 7.12. The van der Waals surface area contributed by atoms with Gasteiger partial charge in [0.2, 0.25) is 0 Å². The number of ether oxygens (including phenoxy) is 3. The predicted octanol–water partition coefficient (Wildman–Crippen LogP) is 4.42. The van der Waals surface area contributed by atoms with Crippen LogP contribution in [0, 0.1) is 0 Å². The summed E-state index contributed by atoms with van der Waals surface area (Å²) < 4.78 is 44.2. The van der Waals surface area contributed by atoms with Crippen LogP contribution in [0.4, 0.5) is 11.4 Å². The van der Waals surface area contributed by atoms with Crippen LogP contribution in [0.3, 0.4) is 0 Å². The molecule has 8 nitrogen and oxygen atoms in total. The van der Waals surface area contributed by atoms with Crippen molar-refractivity contribution in [3.8, 4) is 17.2 Å². The van der Waals surface area contributed by atoms with Gasteiger partial charge in [-0.1, -0.05) is 29.8 Å². The summed E-state index contributed by atoms with van der Waals surface area (Å²) in [4.78, 5) is 12.7. The quantitative estimate of drug-likeness (QED) is 0.499. The van der Waals surface area contributed by atoms with E-state index in [1.54, 1.807) is 36.4 Å². The Morgan fingerprint density at radius 2 is 1.59 bits per heavy atom. The number of halogens is 1. The lowest BCUT2D eigenvalue weighted by Gasteiger charge is -2.15. The van der Waals surface area contributed by atoms with Gasteiger partial charge in [0.1, 0.15) is 10.6 Å². The van der Waals surface area contributed by atoms with E-state index in [-0.39, 0.29) is 38.4 Å². The van der Waals surface area contributed by atoms with Gasteiger partial charge >= 0.3 is 0 Å². The minimum absolute atomic E-state index is 0.0986. The molecule has 3 aromatic carbocycles. The van der Waals surface area contributed by atoms with Gasteiger partial charge in [-0.15, -0.1) is 0 Å². The fourth-order valence-corrected chi connectivity index (χ4v) is 4.49. The van der Waals surface area contributed by atoms with Gasteiger partial charge in [-0.05, 0) is 42.5 Å². The number of benzene rings is 3. The van der Waals surface area contributed by atoms with Gasteiger partial charge in [-0.2, -0.15) is 0 Å². The van der Waals surface area contributed by atoms with Crippen LogP contribution in [0.15, 0.2) is 65.6 Å². The van der Waals surface area contributed by atoms with Crippen molar-refractivity contribution in [2.75, 3.05) is 31.4 Å². The number of anilines is 2. The molecule has 3 rings (SSSR count). The zero-order valence-corrected chi connectivity index (χ0v) is 19.1. The number of rotatable bonds is 8. The van der Waals surface area contributed by atoms with Crippen molar-refractivity contribution in [2.24, 2.45) is 0 Å². The first-order chi connectivity index (χ1) is 15.3. The van der Waals surface area contributed by atoms with Crippen LogP contribution in [-0.2, 0) is 10.0 Å². The highest BCUT2D eigenvalue weighted by Crippen LogP contribution is 2.33. The molecule has 32 heavy (non-hydrogen) atoms. The normalized spacial score (nSPS) is 10.9. The molecular formula is C22H21ClN2O6S. The van der Waals surface area contributed by atoms with E-state index in [2.05, 4.69) is 10.0 Å². The molecule has 1 amide bonds. The maximum atomic E-state index is 13.0. The average Bonchev–Trinajstić information content (AvgIpc) is 2.79. The number of sulfonamides is 1. The lowest BCUT2D eigenvalue weighted by Crippen LogP contribution is -2.17. The number of nitrogens with one attached hydrogen (secondary N) is 2. The summed E-state index contributed by atoms with van der Waals surface area (Å²) >= 11 is 6.08. The Morgan fingerprint density at radius 3 is 2.25 bits per heavy atom. The molecule has 0 heterocycles. The van der Waals surface area contributed by atoms with E-state index < -0.39 is 15.9 Å². The summed E-state index contributed by atoms with van der Waals surface area (Å²) in [5, 5.41) is 2.92. The van der Waals surface area contributed by atoms with Crippen molar-refractivity contribution < 1.29 is 27.4 Å². The summed E-state index contributed by atoms with van der Waals surface area (Å²) in [6, 6.07) is 15.6. The van der Waals surface area contributed by atoms with Crippen LogP contribution in [0.2, 0.25) is 5.02 Å². The van der Waals surface area contributed by atoms with E-state index in [1.807, 2.05) is 0 Å². The summed E-state index contributed by atoms with van der Waals surface area (Å²) in [7, 11) is 0.158. The van der Waals surface area contributed by atoms with Gasteiger partial charge in [0, 0.05) is 5.69 Å². The molecule has 0 bridgehead atoms. The second-order valence-corrected chi connectivity index (χ2v) is 8.50. The summed E-state index contributed by atoms with van der Waals surface area (Å²) in [5.41, 5.74) is 0.674. The van der Waals surface area contributed by atoms with E-state index in [0.29, 0.717) is 5.75 Å². The summed E-state index contributed by atoms with van der Waals surface area (Å²) in [5.74, 6) is 0.242. The maximum Gasteiger partial charge on any atom is 0.265 e. The Balaban J connectivity index is 1.95. The lowest BCUT2D eigenvalue weighted by atomic mass is 10.1. The van der Waals surface area contributed by atoms with Crippen LogP contribution in [0.5, 0.6) is 17.2 Å². The van der Waals surface area contributed by atoms with Gasteiger partial charge in [-0.25, -0.2) is 8.42 Å². The van der Waals surface area contributed by atoms with Crippen LogP contribution in [0.1, 0.15) is 10.4 Å². The predicted molar refractivity (Wildman–Crippen MR) is 123 cm³/mol. The topological polar surface area (TPSA) is 103 Å². The van der Waals surface area contributed by atoms with Gasteiger partial charge < -0.3 is 19.5 Å². The SMILES string of the molecule is COc1ccc(NC(=O)c2cccc(OC)c2OC)cc1S(=O)(=O)Nc1ccccc1Cl. The number of carbonyl (C=O) groups excluding carboxylic acids is 1. The van der Waals surface area contributed by atoms with Crippen molar-refractivity contribution in [1.82, 2.24) is 0 Å². The van der Waals surface area contributed by atoms with Crippen molar-refractivity contribution in [2.45, 2.75) is 4.90 Å². The molecule has 0 aliphatic carbocycles. The minimum Gasteiger partial charge on any atom is -0.495 e. The zero-order chi connectivity index (χ0) is 23.3. The van der Waals surface area contributed by atoms with Gasteiger partial charge in [0.25, 0.3) is 15.9 Å². The molecule has 0 unspecified atom stereocenters. The van der Waals surface area contributed by atoms with Gasteiger partial charge in [-0.3, -0.25) is 9.52 Å². The molecule has 0 atom stereocenters. The van der Waals surface area contributed by atoms with Gasteiger partial charge in [0.05, 0.1) is 37.6 Å². The molecule has 0 spiro atoms. The van der Waals surface area contributed by atoms with Crippen molar-refractivity contribution in [3.05, 3.63) is 71.2 Å². The molecule has 3 aromatic rings. The summed E-state index contributed by atoms with van der Waals surface area (Å²) in [6.07, 6.45) is 0. The standard InChI is InChI=1S/C22H21ClN2O6S/c1-29-18-12-11-14(24-22(26)15-7-6-10-19(30-2)21(15)31-3)13-20(18)32(27,28)25-17-9-5-4-8-16(17)23/h4-13,25H,1-3H3,(H,24,26). The molecule has 0 saturated carbocycles. The Bertz CT molecular complexity index is 1250. The molecular weight excluding hydrogens is 456 g/mol. The lowest BCUT2D eigenvalue weighted by molar-refractivity contribution is 0.102. The van der Waals surface area contributed by atoms with Crippen LogP contribution < -0.4 is 24.2 Å². The Morgan fingerprint density at radius 1 is 0.875 bits per heavy atom. The fraction of sp³-hybridized carbons (Fsp3) is 0.136. The smallest absolute Gasteiger partial charge is 0.265 e. The van der Waals surface area contributed by atoms with Crippen LogP contribution >= 0.6 is 11.6 Å². The number of hydrogen-bond donors (Lipinski definition) is 2. The molecule has 0 aromatic heterocycles. The van der Waals surface area contributed by atoms with E-state index >= 15 is 0 Å².